The summed E-state index contributed by atoms with van der Waals surface area (Å²) in [6, 6.07) is 3.51. The quantitative estimate of drug-likeness (QED) is 0.0975. The van der Waals surface area contributed by atoms with E-state index >= 15 is 0 Å². The second kappa shape index (κ2) is 20.8. The SMILES string of the molecule is CC(C)CCCCCCCCCCCCCc1cc(OS(=O)(=O)[O-])cc(OS(=O)(=O)[O-])c1.[K+].[K+]. The monoisotopic (exact) mass is 570 g/mol. The van der Waals surface area contributed by atoms with Crippen molar-refractivity contribution in [2.24, 2.45) is 5.92 Å². The summed E-state index contributed by atoms with van der Waals surface area (Å²) >= 11 is 0. The molecule has 0 aliphatic heterocycles. The molecule has 0 heterocycles. The van der Waals surface area contributed by atoms with Crippen molar-refractivity contribution in [2.75, 3.05) is 0 Å². The van der Waals surface area contributed by atoms with Gasteiger partial charge in [-0.15, -0.1) is 0 Å². The summed E-state index contributed by atoms with van der Waals surface area (Å²) in [7, 11) is -10.1. The number of hydrogen-bond donors (Lipinski definition) is 0. The van der Waals surface area contributed by atoms with Gasteiger partial charge < -0.3 is 17.5 Å². The third-order valence-corrected chi connectivity index (χ3v) is 5.88. The van der Waals surface area contributed by atoms with Crippen molar-refractivity contribution in [3.63, 3.8) is 0 Å². The van der Waals surface area contributed by atoms with Crippen LogP contribution in [0.2, 0.25) is 0 Å². The van der Waals surface area contributed by atoms with Crippen LogP contribution >= 0.6 is 0 Å². The van der Waals surface area contributed by atoms with Gasteiger partial charge in [-0.1, -0.05) is 84.5 Å². The van der Waals surface area contributed by atoms with E-state index in [4.69, 9.17) is 0 Å². The van der Waals surface area contributed by atoms with Crippen LogP contribution in [0.1, 0.15) is 96.5 Å². The van der Waals surface area contributed by atoms with Crippen LogP contribution < -0.4 is 111 Å². The first-order chi connectivity index (χ1) is 14.9. The van der Waals surface area contributed by atoms with E-state index in [0.717, 1.165) is 37.7 Å². The van der Waals surface area contributed by atoms with E-state index in [1.54, 1.807) is 0 Å². The first-order valence-electron chi connectivity index (χ1n) is 11.4. The summed E-state index contributed by atoms with van der Waals surface area (Å²) in [4.78, 5) is 0. The number of rotatable bonds is 18. The van der Waals surface area contributed by atoms with Gasteiger partial charge in [0.2, 0.25) is 0 Å². The average Bonchev–Trinajstić information content (AvgIpc) is 2.62. The minimum Gasteiger partial charge on any atom is -0.716 e. The van der Waals surface area contributed by atoms with Crippen LogP contribution in [0, 0.1) is 5.92 Å². The summed E-state index contributed by atoms with van der Waals surface area (Å²) in [6.07, 6.45) is 14.8. The van der Waals surface area contributed by atoms with E-state index in [1.807, 2.05) is 0 Å². The second-order valence-corrected chi connectivity index (χ2v) is 10.6. The van der Waals surface area contributed by atoms with Crippen LogP contribution in [0.3, 0.4) is 0 Å². The molecule has 0 saturated carbocycles. The van der Waals surface area contributed by atoms with Crippen molar-refractivity contribution in [2.45, 2.75) is 97.3 Å². The first kappa shape index (κ1) is 38.1. The van der Waals surface area contributed by atoms with Gasteiger partial charge in [-0.05, 0) is 36.5 Å². The molecule has 0 unspecified atom stereocenters. The molecule has 186 valence electrons. The van der Waals surface area contributed by atoms with Crippen molar-refractivity contribution >= 4 is 20.8 Å². The molecule has 0 saturated heterocycles. The fourth-order valence-electron chi connectivity index (χ4n) is 3.58. The smallest absolute Gasteiger partial charge is 0.716 e. The van der Waals surface area contributed by atoms with Gasteiger partial charge in [0.25, 0.3) is 20.8 Å². The van der Waals surface area contributed by atoms with E-state index in [9.17, 15) is 25.9 Å². The fourth-order valence-corrected chi connectivity index (χ4v) is 4.24. The fraction of sp³-hybridized carbons (Fsp3) is 0.727. The largest absolute Gasteiger partial charge is 1.00 e. The minimum absolute atomic E-state index is 0. The summed E-state index contributed by atoms with van der Waals surface area (Å²) in [5, 5.41) is 0. The Bertz CT molecular complexity index is 823. The maximum Gasteiger partial charge on any atom is 1.00 e. The zero-order valence-electron chi connectivity index (χ0n) is 21.1. The second-order valence-electron chi connectivity index (χ2n) is 8.62. The number of benzene rings is 1. The van der Waals surface area contributed by atoms with Crippen molar-refractivity contribution in [1.82, 2.24) is 0 Å². The van der Waals surface area contributed by atoms with Crippen LogP contribution in [0.4, 0.5) is 0 Å². The Kier molecular flexibility index (Phi) is 23.3. The van der Waals surface area contributed by atoms with Gasteiger partial charge in [0.1, 0.15) is 11.5 Å². The summed E-state index contributed by atoms with van der Waals surface area (Å²) in [5.41, 5.74) is 0.516. The Balaban J connectivity index is 0. The molecule has 0 aliphatic rings. The molecular formula is C22H36K2O8S2. The molecule has 0 radical (unpaired) electrons. The van der Waals surface area contributed by atoms with Crippen LogP contribution in [0.25, 0.3) is 0 Å². The van der Waals surface area contributed by atoms with Gasteiger partial charge in [0.05, 0.1) is 0 Å². The molecule has 1 aromatic rings. The predicted molar refractivity (Wildman–Crippen MR) is 121 cm³/mol. The molecule has 0 spiro atoms. The normalized spacial score (nSPS) is 11.6. The molecule has 1 aromatic carbocycles. The van der Waals surface area contributed by atoms with Gasteiger partial charge in [0, 0.05) is 6.07 Å². The van der Waals surface area contributed by atoms with E-state index in [1.165, 1.54) is 63.5 Å². The van der Waals surface area contributed by atoms with E-state index in [0.29, 0.717) is 12.0 Å². The Morgan fingerprint density at radius 1 is 0.647 bits per heavy atom. The van der Waals surface area contributed by atoms with Crippen molar-refractivity contribution < 1.29 is 137 Å². The first-order valence-corrected chi connectivity index (χ1v) is 14.1. The molecule has 0 N–H and O–H groups in total. The molecule has 0 amide bonds. The predicted octanol–water partition coefficient (Wildman–Crippen LogP) is -0.748. The van der Waals surface area contributed by atoms with Gasteiger partial charge in [-0.3, -0.25) is 0 Å². The maximum atomic E-state index is 10.8. The van der Waals surface area contributed by atoms with Gasteiger partial charge in [-0.25, -0.2) is 16.8 Å². The van der Waals surface area contributed by atoms with Crippen LogP contribution in [0.5, 0.6) is 11.5 Å². The van der Waals surface area contributed by atoms with Crippen LogP contribution in [-0.2, 0) is 27.2 Å². The minimum atomic E-state index is -5.04. The Morgan fingerprint density at radius 2 is 1.00 bits per heavy atom. The third kappa shape index (κ3) is 23.1. The van der Waals surface area contributed by atoms with Crippen molar-refractivity contribution in [3.05, 3.63) is 23.8 Å². The standard InChI is InChI=1S/C22H38O8S2.2K/c1-19(2)14-12-10-8-6-4-3-5-7-9-11-13-15-20-16-21(29-31(23,24)25)18-22(17-20)30-32(26,27)28;;/h16-19H,3-15H2,1-2H3,(H,23,24,25)(H,26,27,28);;/q;2*+1/p-2. The molecule has 1 rings (SSSR count). The molecule has 0 atom stereocenters. The van der Waals surface area contributed by atoms with E-state index < -0.39 is 20.8 Å². The number of unbranched alkanes of at least 4 members (excludes halogenated alkanes) is 10. The zero-order valence-corrected chi connectivity index (χ0v) is 29.0. The zero-order chi connectivity index (χ0) is 24.0. The molecule has 8 nitrogen and oxygen atoms in total. The summed E-state index contributed by atoms with van der Waals surface area (Å²) < 4.78 is 73.4. The molecule has 34 heavy (non-hydrogen) atoms. The molecule has 0 fully saturated rings. The molecule has 0 aromatic heterocycles. The topological polar surface area (TPSA) is 133 Å². The van der Waals surface area contributed by atoms with Gasteiger partial charge in [0.15, 0.2) is 0 Å². The van der Waals surface area contributed by atoms with E-state index in [-0.39, 0.29) is 114 Å². The summed E-state index contributed by atoms with van der Waals surface area (Å²) in [6.45, 7) is 4.53. The van der Waals surface area contributed by atoms with Gasteiger partial charge >= 0.3 is 103 Å². The number of hydrogen-bond acceptors (Lipinski definition) is 8. The van der Waals surface area contributed by atoms with Crippen molar-refractivity contribution in [1.29, 1.82) is 0 Å². The average molecular weight is 571 g/mol. The van der Waals surface area contributed by atoms with Crippen LogP contribution in [-0.4, -0.2) is 25.9 Å². The molecular weight excluding hydrogens is 535 g/mol. The number of aryl methyl sites for hydroxylation is 1. The Labute approximate surface area is 291 Å². The van der Waals surface area contributed by atoms with Crippen LogP contribution in [0.15, 0.2) is 18.2 Å². The maximum absolute atomic E-state index is 10.8. The van der Waals surface area contributed by atoms with Crippen molar-refractivity contribution in [3.8, 4) is 11.5 Å². The Morgan fingerprint density at radius 3 is 1.35 bits per heavy atom. The summed E-state index contributed by atoms with van der Waals surface area (Å²) in [5.74, 6) is 0.0198. The van der Waals surface area contributed by atoms with Gasteiger partial charge in [-0.2, -0.15) is 0 Å². The Hall–Kier alpha value is 1.91. The van der Waals surface area contributed by atoms with E-state index in [2.05, 4.69) is 22.2 Å². The molecule has 12 heteroatoms. The third-order valence-electron chi connectivity index (χ3n) is 5.08. The molecule has 0 aliphatic carbocycles. The molecule has 0 bridgehead atoms.